The molecule has 0 fully saturated rings. The molecule has 2 N–H and O–H groups in total. The number of benzene rings is 1. The molecule has 3 aromatic rings. The summed E-state index contributed by atoms with van der Waals surface area (Å²) in [5.74, 6) is 0. The van der Waals surface area contributed by atoms with E-state index in [0.717, 1.165) is 10.9 Å². The van der Waals surface area contributed by atoms with Crippen molar-refractivity contribution in [3.05, 3.63) is 53.9 Å². The van der Waals surface area contributed by atoms with Gasteiger partial charge in [0.05, 0.1) is 11.2 Å². The molecule has 0 atom stereocenters. The zero-order valence-corrected chi connectivity index (χ0v) is 11.7. The number of para-hydroxylation sites is 1. The predicted octanol–water partition coefficient (Wildman–Crippen LogP) is 3.02. The smallest absolute Gasteiger partial charge is 0.263 e. The normalized spacial score (nSPS) is 11.7. The number of nitrogens with one attached hydrogen (secondary N) is 2. The monoisotopic (exact) mass is 307 g/mol. The van der Waals surface area contributed by atoms with Gasteiger partial charge in [-0.3, -0.25) is 4.72 Å². The van der Waals surface area contributed by atoms with Crippen LogP contribution in [0.3, 0.4) is 0 Å². The van der Waals surface area contributed by atoms with Crippen LogP contribution in [0.15, 0.2) is 53.7 Å². The number of hydrogen-bond acceptors (Lipinski definition) is 3. The van der Waals surface area contributed by atoms with Gasteiger partial charge in [0.25, 0.3) is 10.0 Å². The minimum Gasteiger partial charge on any atom is -0.359 e. The number of nitrogens with zero attached hydrogens (tertiary/aromatic N) is 1. The maximum atomic E-state index is 12.3. The lowest BCUT2D eigenvalue weighted by Crippen LogP contribution is -2.13. The number of H-pyrrole nitrogens is 1. The van der Waals surface area contributed by atoms with Crippen molar-refractivity contribution in [2.24, 2.45) is 0 Å². The third kappa shape index (κ3) is 2.35. The van der Waals surface area contributed by atoms with Gasteiger partial charge in [-0.15, -0.1) is 0 Å². The highest BCUT2D eigenvalue weighted by Crippen LogP contribution is 2.24. The van der Waals surface area contributed by atoms with Crippen LogP contribution in [-0.4, -0.2) is 18.4 Å². The minimum atomic E-state index is -3.69. The first-order valence-electron chi connectivity index (χ1n) is 5.77. The average Bonchev–Trinajstić information content (AvgIpc) is 2.88. The maximum Gasteiger partial charge on any atom is 0.263 e. The van der Waals surface area contributed by atoms with Crippen LogP contribution in [-0.2, 0) is 10.0 Å². The Morgan fingerprint density at radius 3 is 2.75 bits per heavy atom. The largest absolute Gasteiger partial charge is 0.359 e. The summed E-state index contributed by atoms with van der Waals surface area (Å²) in [6.45, 7) is 0. The summed E-state index contributed by atoms with van der Waals surface area (Å²) in [4.78, 5) is 6.85. The number of aromatic nitrogens is 2. The lowest BCUT2D eigenvalue weighted by Gasteiger charge is -2.08. The van der Waals surface area contributed by atoms with Crippen molar-refractivity contribution in [3.8, 4) is 0 Å². The molecule has 0 amide bonds. The molecule has 2 heterocycles. The molecular weight excluding hydrogens is 298 g/mol. The van der Waals surface area contributed by atoms with Crippen molar-refractivity contribution in [1.29, 1.82) is 0 Å². The molecule has 1 aromatic carbocycles. The molecule has 0 spiro atoms. The number of fused-ring (bicyclic) bond motifs is 1. The van der Waals surface area contributed by atoms with E-state index in [-0.39, 0.29) is 10.0 Å². The maximum absolute atomic E-state index is 12.3. The average molecular weight is 308 g/mol. The SMILES string of the molecule is O=S(=O)(Nc1cccc2cc[nH]c12)c1ccc(Cl)nc1. The lowest BCUT2D eigenvalue weighted by atomic mass is 10.2. The van der Waals surface area contributed by atoms with Crippen molar-refractivity contribution >= 4 is 38.2 Å². The van der Waals surface area contributed by atoms with Gasteiger partial charge in [-0.25, -0.2) is 13.4 Å². The molecule has 2 aromatic heterocycles. The quantitative estimate of drug-likeness (QED) is 0.730. The summed E-state index contributed by atoms with van der Waals surface area (Å²) in [7, 11) is -3.69. The van der Waals surface area contributed by atoms with Crippen LogP contribution in [0, 0.1) is 0 Å². The van der Waals surface area contributed by atoms with Gasteiger partial charge in [0, 0.05) is 17.8 Å². The van der Waals surface area contributed by atoms with Crippen LogP contribution >= 0.6 is 11.6 Å². The molecule has 0 aliphatic carbocycles. The summed E-state index contributed by atoms with van der Waals surface area (Å²) in [5.41, 5.74) is 1.22. The van der Waals surface area contributed by atoms with Crippen LogP contribution in [0.4, 0.5) is 5.69 Å². The van der Waals surface area contributed by atoms with Gasteiger partial charge in [0.15, 0.2) is 0 Å². The molecule has 0 bridgehead atoms. The Labute approximate surface area is 120 Å². The molecule has 5 nitrogen and oxygen atoms in total. The fourth-order valence-electron chi connectivity index (χ4n) is 1.89. The fourth-order valence-corrected chi connectivity index (χ4v) is 3.02. The summed E-state index contributed by atoms with van der Waals surface area (Å²) in [6.07, 6.45) is 2.98. The van der Waals surface area contributed by atoms with Crippen molar-refractivity contribution in [2.75, 3.05) is 4.72 Å². The summed E-state index contributed by atoms with van der Waals surface area (Å²) in [5, 5.41) is 1.18. The second-order valence-electron chi connectivity index (χ2n) is 4.17. The fraction of sp³-hybridized carbons (Fsp3) is 0. The standard InChI is InChI=1S/C13H10ClN3O2S/c14-12-5-4-10(8-16-12)20(18,19)17-11-3-1-2-9-6-7-15-13(9)11/h1-8,15,17H. The second kappa shape index (κ2) is 4.81. The van der Waals surface area contributed by atoms with Gasteiger partial charge in [-0.05, 0) is 24.3 Å². The second-order valence-corrected chi connectivity index (χ2v) is 6.24. The Morgan fingerprint density at radius 1 is 1.15 bits per heavy atom. The first kappa shape index (κ1) is 13.0. The predicted molar refractivity (Wildman–Crippen MR) is 78.4 cm³/mol. The molecule has 3 rings (SSSR count). The van der Waals surface area contributed by atoms with Crippen LogP contribution in [0.25, 0.3) is 10.9 Å². The molecule has 0 unspecified atom stereocenters. The van der Waals surface area contributed by atoms with E-state index in [1.807, 2.05) is 12.1 Å². The van der Waals surface area contributed by atoms with Gasteiger partial charge in [-0.2, -0.15) is 0 Å². The highest BCUT2D eigenvalue weighted by Gasteiger charge is 2.16. The summed E-state index contributed by atoms with van der Waals surface area (Å²) < 4.78 is 27.1. The van der Waals surface area contributed by atoms with E-state index in [2.05, 4.69) is 14.7 Å². The van der Waals surface area contributed by atoms with Crippen LogP contribution in [0.2, 0.25) is 5.15 Å². The number of rotatable bonds is 3. The van der Waals surface area contributed by atoms with Crippen molar-refractivity contribution in [3.63, 3.8) is 0 Å². The zero-order chi connectivity index (χ0) is 14.2. The van der Waals surface area contributed by atoms with E-state index in [1.54, 1.807) is 18.3 Å². The highest BCUT2D eigenvalue weighted by molar-refractivity contribution is 7.92. The van der Waals surface area contributed by atoms with Gasteiger partial charge in [0.2, 0.25) is 0 Å². The molecule has 20 heavy (non-hydrogen) atoms. The first-order valence-corrected chi connectivity index (χ1v) is 7.63. The Bertz CT molecular complexity index is 857. The number of pyridine rings is 1. The number of halogens is 1. The van der Waals surface area contributed by atoms with Gasteiger partial charge >= 0.3 is 0 Å². The molecular formula is C13H10ClN3O2S. The van der Waals surface area contributed by atoms with Gasteiger partial charge in [-0.1, -0.05) is 23.7 Å². The molecule has 0 saturated heterocycles. The van der Waals surface area contributed by atoms with E-state index in [1.165, 1.54) is 18.3 Å². The summed E-state index contributed by atoms with van der Waals surface area (Å²) in [6, 6.07) is 10.1. The first-order chi connectivity index (χ1) is 9.56. The molecule has 0 saturated carbocycles. The van der Waals surface area contributed by atoms with Gasteiger partial charge < -0.3 is 4.98 Å². The van der Waals surface area contributed by atoms with E-state index in [9.17, 15) is 8.42 Å². The number of hydrogen-bond donors (Lipinski definition) is 2. The van der Waals surface area contributed by atoms with E-state index >= 15 is 0 Å². The van der Waals surface area contributed by atoms with Crippen LogP contribution in [0.1, 0.15) is 0 Å². The topological polar surface area (TPSA) is 74.8 Å². The molecule has 0 aliphatic heterocycles. The minimum absolute atomic E-state index is 0.0606. The number of sulfonamides is 1. The Balaban J connectivity index is 2.01. The lowest BCUT2D eigenvalue weighted by molar-refractivity contribution is 0.601. The third-order valence-electron chi connectivity index (χ3n) is 2.84. The molecule has 102 valence electrons. The van der Waals surface area contributed by atoms with E-state index in [4.69, 9.17) is 11.6 Å². The zero-order valence-electron chi connectivity index (χ0n) is 10.2. The van der Waals surface area contributed by atoms with Crippen LogP contribution in [0.5, 0.6) is 0 Å². The van der Waals surface area contributed by atoms with E-state index in [0.29, 0.717) is 5.69 Å². The Morgan fingerprint density at radius 2 is 2.00 bits per heavy atom. The van der Waals surface area contributed by atoms with Crippen LogP contribution < -0.4 is 4.72 Å². The highest BCUT2D eigenvalue weighted by atomic mass is 35.5. The van der Waals surface area contributed by atoms with Crippen molar-refractivity contribution in [1.82, 2.24) is 9.97 Å². The summed E-state index contributed by atoms with van der Waals surface area (Å²) >= 11 is 5.65. The van der Waals surface area contributed by atoms with Crippen molar-refractivity contribution < 1.29 is 8.42 Å². The van der Waals surface area contributed by atoms with Gasteiger partial charge in [0.1, 0.15) is 10.0 Å². The number of anilines is 1. The van der Waals surface area contributed by atoms with Crippen molar-refractivity contribution in [2.45, 2.75) is 4.90 Å². The van der Waals surface area contributed by atoms with E-state index < -0.39 is 10.0 Å². The molecule has 0 radical (unpaired) electrons. The number of aromatic amines is 1. The Kier molecular flexibility index (Phi) is 3.11. The molecule has 7 heteroatoms. The third-order valence-corrected chi connectivity index (χ3v) is 4.42. The molecule has 0 aliphatic rings. The Hall–Kier alpha value is -2.05.